The first-order chi connectivity index (χ1) is 18.6. The third-order valence-electron chi connectivity index (χ3n) is 6.05. The minimum Gasteiger partial charge on any atom is -0.412 e. The summed E-state index contributed by atoms with van der Waals surface area (Å²) in [6.45, 7) is -0.515. The van der Waals surface area contributed by atoms with E-state index < -0.39 is 42.5 Å². The number of hydrogen-bond donors (Lipinski definition) is 9. The van der Waals surface area contributed by atoms with E-state index in [9.17, 15) is 14.7 Å². The number of nitrogen functional groups attached to an aromatic ring is 2. The second kappa shape index (κ2) is 13.0. The molecular formula is C21H32N9O10+. The Kier molecular flexibility index (Phi) is 10.0. The van der Waals surface area contributed by atoms with Crippen molar-refractivity contribution >= 4 is 35.1 Å². The zero-order chi connectivity index (χ0) is 28.3. The number of aliphatic imine (C=N–C) groups is 1. The van der Waals surface area contributed by atoms with E-state index >= 15 is 0 Å². The maximum Gasteiger partial charge on any atom is 1.00 e. The molecule has 2 unspecified atom stereocenters. The monoisotopic (exact) mass is 570 g/mol. The molecule has 0 aliphatic carbocycles. The number of aliphatic hydroxyl groups excluding tert-OH is 5. The topological polar surface area (TPSA) is 325 Å². The lowest BCUT2D eigenvalue weighted by atomic mass is 10.2. The van der Waals surface area contributed by atoms with E-state index in [4.69, 9.17) is 36.6 Å². The highest BCUT2D eigenvalue weighted by atomic mass is 16.6. The van der Waals surface area contributed by atoms with Crippen LogP contribution in [0.15, 0.2) is 20.9 Å². The maximum absolute atomic E-state index is 11.6. The first-order valence-corrected chi connectivity index (χ1v) is 11.8. The predicted octanol–water partition coefficient (Wildman–Crippen LogP) is -4.31. The number of hydrogen-bond acceptors (Lipinski definition) is 15. The fourth-order valence-corrected chi connectivity index (χ4v) is 4.09. The summed E-state index contributed by atoms with van der Waals surface area (Å²) < 4.78 is 11.7. The molecule has 19 heteroatoms. The van der Waals surface area contributed by atoms with Crippen LogP contribution in [-0.4, -0.2) is 111 Å². The van der Waals surface area contributed by atoms with Crippen molar-refractivity contribution in [2.24, 2.45) is 4.99 Å². The number of aromatic amines is 2. The van der Waals surface area contributed by atoms with Gasteiger partial charge < -0.3 is 51.9 Å². The third-order valence-corrected chi connectivity index (χ3v) is 6.05. The van der Waals surface area contributed by atoms with Crippen LogP contribution in [0.1, 0.15) is 26.1 Å². The summed E-state index contributed by atoms with van der Waals surface area (Å²) in [5, 5.41) is 44.8. The van der Waals surface area contributed by atoms with Gasteiger partial charge in [0.1, 0.15) is 18.4 Å². The van der Waals surface area contributed by atoms with E-state index in [2.05, 4.69) is 34.6 Å². The summed E-state index contributed by atoms with van der Waals surface area (Å²) >= 11 is 0. The van der Waals surface area contributed by atoms with Gasteiger partial charge in [-0.2, -0.15) is 9.97 Å². The number of fused-ring (bicyclic) bond motifs is 2. The van der Waals surface area contributed by atoms with Gasteiger partial charge in [0.15, 0.2) is 23.3 Å². The molecular weight excluding hydrogens is 538 g/mol. The third kappa shape index (κ3) is 6.66. The fourth-order valence-electron chi connectivity index (χ4n) is 4.09. The first-order valence-electron chi connectivity index (χ1n) is 11.8. The Balaban J connectivity index is 0.000000229. The molecule has 2 saturated heterocycles. The Hall–Kier alpha value is -3.82. The second-order valence-corrected chi connectivity index (χ2v) is 8.77. The Morgan fingerprint density at radius 2 is 1.60 bits per heavy atom. The van der Waals surface area contributed by atoms with Crippen molar-refractivity contribution in [3.63, 3.8) is 0 Å². The zero-order valence-electron chi connectivity index (χ0n) is 21.9. The quantitative estimate of drug-likeness (QED) is 0.144. The van der Waals surface area contributed by atoms with E-state index in [1.807, 2.05) is 0 Å². The molecule has 13 N–H and O–H groups in total. The molecule has 6 atom stereocenters. The van der Waals surface area contributed by atoms with Crippen LogP contribution in [0, 0.1) is 0 Å². The van der Waals surface area contributed by atoms with Gasteiger partial charge >= 0.3 is 1.43 Å². The molecule has 220 valence electrons. The lowest BCUT2D eigenvalue weighted by Crippen LogP contribution is -2.24. The summed E-state index contributed by atoms with van der Waals surface area (Å²) in [6, 6.07) is 0. The molecule has 6 rings (SSSR count). The van der Waals surface area contributed by atoms with E-state index in [0.29, 0.717) is 17.8 Å². The minimum absolute atomic E-state index is 0. The highest BCUT2D eigenvalue weighted by Gasteiger charge is 2.35. The van der Waals surface area contributed by atoms with Gasteiger partial charge in [-0.15, -0.1) is 0 Å². The van der Waals surface area contributed by atoms with E-state index in [1.54, 1.807) is 6.21 Å². The summed E-state index contributed by atoms with van der Waals surface area (Å²) in [6.07, 6.45) is -0.0917. The Labute approximate surface area is 225 Å². The van der Waals surface area contributed by atoms with Crippen LogP contribution < -0.4 is 22.6 Å². The molecule has 0 spiro atoms. The number of ether oxygens (including phenoxy) is 2. The largest absolute Gasteiger partial charge is 1.00 e. The number of H-pyrrole nitrogens is 2. The molecule has 19 nitrogen and oxygen atoms in total. The second-order valence-electron chi connectivity index (χ2n) is 8.77. The first kappa shape index (κ1) is 30.7. The molecule has 6 heterocycles. The predicted molar refractivity (Wildman–Crippen MR) is 139 cm³/mol. The Bertz CT molecular complexity index is 1450. The summed E-state index contributed by atoms with van der Waals surface area (Å²) in [7, 11) is 0. The van der Waals surface area contributed by atoms with Gasteiger partial charge in [0, 0.05) is 25.5 Å². The zero-order valence-corrected chi connectivity index (χ0v) is 20.9. The van der Waals surface area contributed by atoms with Crippen LogP contribution in [0.5, 0.6) is 0 Å². The maximum atomic E-state index is 11.6. The molecule has 0 radical (unpaired) electrons. The molecule has 0 bridgehead atoms. The van der Waals surface area contributed by atoms with Crippen LogP contribution in [0.3, 0.4) is 0 Å². The number of nitrogens with one attached hydrogen (secondary N) is 2. The lowest BCUT2D eigenvalue weighted by molar-refractivity contribution is -0.107. The SMILES string of the molecule is Nc1nc2c(c(=O)[nH]1)CC=N2.Nc1nc2c(ncn2[C@H]2CC(O)[C@@H](CO)O2)c(=O)[nH]1.O.OC[C@H]1O[C@@H](O)CC1O.[H+]. The van der Waals surface area contributed by atoms with Crippen molar-refractivity contribution in [3.8, 4) is 0 Å². The number of aliphatic hydroxyl groups is 5. The number of anilines is 2. The average Bonchev–Trinajstić information content (AvgIpc) is 3.65. The van der Waals surface area contributed by atoms with Gasteiger partial charge in [0.2, 0.25) is 11.9 Å². The summed E-state index contributed by atoms with van der Waals surface area (Å²) in [5.41, 5.74) is 11.2. The average molecular weight is 571 g/mol. The van der Waals surface area contributed by atoms with Gasteiger partial charge in [-0.05, 0) is 0 Å². The van der Waals surface area contributed by atoms with Crippen molar-refractivity contribution in [2.75, 3.05) is 24.7 Å². The molecule has 0 aromatic carbocycles. The van der Waals surface area contributed by atoms with Crippen LogP contribution >= 0.6 is 0 Å². The normalized spacial score (nSPS) is 26.4. The lowest BCUT2D eigenvalue weighted by Gasteiger charge is -2.13. The Morgan fingerprint density at radius 1 is 0.975 bits per heavy atom. The van der Waals surface area contributed by atoms with Gasteiger partial charge in [-0.1, -0.05) is 0 Å². The molecule has 3 aliphatic rings. The molecule has 3 aliphatic heterocycles. The molecule has 2 fully saturated rings. The van der Waals surface area contributed by atoms with Crippen LogP contribution in [0.4, 0.5) is 17.7 Å². The standard InChI is InChI=1S/C10H13N5O4.C6H6N4O.C5H10O4.H2O/c11-10-13-8-7(9(18)14-10)12-3-15(8)6-1-4(17)5(2-16)19-6;7-6-9-4-3(1-2-8-4)5(11)10-6;6-2-4-3(7)1-5(8)9-4;/h3-6,16-17H,1-2H2,(H3,11,13,14,18);2H,1H2,(H3,7,9,10,11);3-8H,1-2H2;1H2/p+1/t4?,5-,6-;;3?,4-,5-;/m1.1./s1. The number of aromatic nitrogens is 6. The van der Waals surface area contributed by atoms with Gasteiger partial charge in [0.05, 0.1) is 37.3 Å². The van der Waals surface area contributed by atoms with Gasteiger partial charge in [-0.3, -0.25) is 24.1 Å². The minimum atomic E-state index is -0.905. The van der Waals surface area contributed by atoms with E-state index in [0.717, 1.165) is 0 Å². The fraction of sp³-hybridized carbons (Fsp3) is 0.524. The molecule has 3 aromatic rings. The molecule has 40 heavy (non-hydrogen) atoms. The highest BCUT2D eigenvalue weighted by molar-refractivity contribution is 5.73. The van der Waals surface area contributed by atoms with Crippen molar-refractivity contribution in [1.29, 1.82) is 0 Å². The van der Waals surface area contributed by atoms with Crippen LogP contribution in [0.25, 0.3) is 11.2 Å². The van der Waals surface area contributed by atoms with Crippen molar-refractivity contribution in [3.05, 3.63) is 32.6 Å². The van der Waals surface area contributed by atoms with Crippen molar-refractivity contribution in [1.82, 2.24) is 29.5 Å². The number of imidazole rings is 1. The van der Waals surface area contributed by atoms with Gasteiger partial charge in [0.25, 0.3) is 11.1 Å². The van der Waals surface area contributed by atoms with E-state index in [1.165, 1.54) is 10.9 Å². The molecule has 0 saturated carbocycles. The smallest absolute Gasteiger partial charge is 0.412 e. The van der Waals surface area contributed by atoms with E-state index in [-0.39, 0.29) is 61.6 Å². The van der Waals surface area contributed by atoms with Crippen molar-refractivity contribution in [2.45, 2.75) is 56.2 Å². The van der Waals surface area contributed by atoms with Crippen LogP contribution in [-0.2, 0) is 15.9 Å². The number of rotatable bonds is 3. The number of nitrogens with two attached hydrogens (primary N) is 2. The van der Waals surface area contributed by atoms with Gasteiger partial charge in [-0.25, -0.2) is 9.98 Å². The van der Waals surface area contributed by atoms with Crippen LogP contribution in [0.2, 0.25) is 0 Å². The molecule has 0 amide bonds. The number of nitrogens with zero attached hydrogens (tertiary/aromatic N) is 5. The Morgan fingerprint density at radius 3 is 2.20 bits per heavy atom. The summed E-state index contributed by atoms with van der Waals surface area (Å²) in [4.78, 5) is 43.2. The highest BCUT2D eigenvalue weighted by Crippen LogP contribution is 2.30. The molecule has 3 aromatic heterocycles. The summed E-state index contributed by atoms with van der Waals surface area (Å²) in [5.74, 6) is 0.551. The van der Waals surface area contributed by atoms with Crippen molar-refractivity contribution < 1.29 is 41.9 Å².